The van der Waals surface area contributed by atoms with Crippen molar-refractivity contribution < 1.29 is 0 Å². The summed E-state index contributed by atoms with van der Waals surface area (Å²) in [6.07, 6.45) is 0. The summed E-state index contributed by atoms with van der Waals surface area (Å²) in [4.78, 5) is 0. The smallest absolute Gasteiger partial charge is 0.0159 e. The lowest BCUT2D eigenvalue weighted by Crippen LogP contribution is -2.17. The van der Waals surface area contributed by atoms with Gasteiger partial charge < -0.3 is 0 Å². The second-order valence-electron chi connectivity index (χ2n) is 14.5. The molecule has 206 valence electrons. The van der Waals surface area contributed by atoms with Crippen LogP contribution in [0.1, 0.15) is 49.9 Å². The van der Waals surface area contributed by atoms with Crippen LogP contribution in [-0.4, -0.2) is 0 Å². The molecule has 0 nitrogen and oxygen atoms in total. The molecule has 0 aliphatic heterocycles. The molecule has 0 spiro atoms. The van der Waals surface area contributed by atoms with Crippen molar-refractivity contribution in [1.29, 1.82) is 0 Å². The van der Waals surface area contributed by atoms with E-state index in [4.69, 9.17) is 0 Å². The third-order valence-electron chi connectivity index (χ3n) is 11.7. The summed E-state index contributed by atoms with van der Waals surface area (Å²) in [6, 6.07) is 42.2. The first kappa shape index (κ1) is 23.5. The van der Waals surface area contributed by atoms with Gasteiger partial charge in [-0.3, -0.25) is 0 Å². The van der Waals surface area contributed by atoms with Crippen molar-refractivity contribution in [2.45, 2.75) is 38.5 Å². The molecule has 11 rings (SSSR count). The summed E-state index contributed by atoms with van der Waals surface area (Å²) in [5.41, 5.74) is 16.9. The maximum atomic E-state index is 2.59. The van der Waals surface area contributed by atoms with Gasteiger partial charge >= 0.3 is 0 Å². The third-order valence-corrected chi connectivity index (χ3v) is 11.7. The van der Waals surface area contributed by atoms with Gasteiger partial charge in [0.1, 0.15) is 0 Å². The lowest BCUT2D eigenvalue weighted by atomic mass is 9.79. The van der Waals surface area contributed by atoms with E-state index < -0.39 is 0 Å². The molecule has 0 saturated heterocycles. The van der Waals surface area contributed by atoms with E-state index in [0.29, 0.717) is 0 Å². The topological polar surface area (TPSA) is 0 Å². The molecule has 0 radical (unpaired) electrons. The van der Waals surface area contributed by atoms with Crippen LogP contribution in [0.3, 0.4) is 0 Å². The van der Waals surface area contributed by atoms with E-state index in [-0.39, 0.29) is 10.8 Å². The van der Waals surface area contributed by atoms with Crippen molar-refractivity contribution in [2.24, 2.45) is 0 Å². The summed E-state index contributed by atoms with van der Waals surface area (Å²) in [5, 5.41) is 11.0. The Balaban J connectivity index is 1.25. The first-order valence-corrected chi connectivity index (χ1v) is 15.9. The van der Waals surface area contributed by atoms with Gasteiger partial charge in [0, 0.05) is 10.8 Å². The van der Waals surface area contributed by atoms with E-state index in [1.165, 1.54) is 110 Å². The Labute approximate surface area is 256 Å². The fraction of sp³-hybridized carbons (Fsp3) is 0.136. The SMILES string of the molecule is CC1(C)c2cc3c(cc2-c2c1cc1c4c(cccc24)-c2ccccc2-1)C(C)(C)c1cc2ccc4cccc5ccc(c1-3)c2c45. The van der Waals surface area contributed by atoms with Crippen LogP contribution in [0.2, 0.25) is 0 Å². The highest BCUT2D eigenvalue weighted by Crippen LogP contribution is 2.61. The number of hydrogen-bond acceptors (Lipinski definition) is 0. The molecule has 0 bridgehead atoms. The van der Waals surface area contributed by atoms with Crippen molar-refractivity contribution >= 4 is 43.1 Å². The van der Waals surface area contributed by atoms with E-state index in [0.717, 1.165) is 0 Å². The summed E-state index contributed by atoms with van der Waals surface area (Å²) in [5.74, 6) is 0. The minimum Gasteiger partial charge on any atom is -0.0616 e. The second kappa shape index (κ2) is 7.22. The maximum absolute atomic E-state index is 2.59. The summed E-state index contributed by atoms with van der Waals surface area (Å²) in [7, 11) is 0. The van der Waals surface area contributed by atoms with Gasteiger partial charge in [0.05, 0.1) is 0 Å². The first-order chi connectivity index (χ1) is 21.3. The molecule has 3 aliphatic rings. The highest BCUT2D eigenvalue weighted by molar-refractivity contribution is 6.27. The molecule has 0 N–H and O–H groups in total. The molecule has 8 aromatic rings. The van der Waals surface area contributed by atoms with Crippen LogP contribution in [0.4, 0.5) is 0 Å². The average molecular weight is 559 g/mol. The fourth-order valence-electron chi connectivity index (χ4n) is 9.59. The highest BCUT2D eigenvalue weighted by atomic mass is 14.5. The minimum atomic E-state index is -0.103. The zero-order valence-corrected chi connectivity index (χ0v) is 25.4. The van der Waals surface area contributed by atoms with Crippen LogP contribution < -0.4 is 0 Å². The molecule has 0 heterocycles. The van der Waals surface area contributed by atoms with Crippen molar-refractivity contribution in [3.63, 3.8) is 0 Å². The largest absolute Gasteiger partial charge is 0.0616 e. The Hall–Kier alpha value is -4.94. The molecule has 0 atom stereocenters. The quantitative estimate of drug-likeness (QED) is 0.162. The minimum absolute atomic E-state index is 0.0951. The van der Waals surface area contributed by atoms with Crippen molar-refractivity contribution in [1.82, 2.24) is 0 Å². The lowest BCUT2D eigenvalue weighted by molar-refractivity contribution is 0.653. The zero-order chi connectivity index (χ0) is 29.3. The van der Waals surface area contributed by atoms with E-state index in [2.05, 4.69) is 137 Å². The molecule has 0 amide bonds. The molecule has 3 aliphatic carbocycles. The maximum Gasteiger partial charge on any atom is 0.0159 e. The van der Waals surface area contributed by atoms with Crippen LogP contribution in [0.25, 0.3) is 87.6 Å². The standard InChI is InChI=1S/C44H30/c1-43(2)34-21-32-35(22-33(34)42-30-18-17-24-10-7-9-23-15-16-25(19-36(42)43)39(30)38(23)24)44(3,4)37-20-31-27-12-6-5-11-26(27)28-13-8-14-29(40(28)31)41(32)37/h5-22H,1-4H3. The fourth-order valence-corrected chi connectivity index (χ4v) is 9.59. The Kier molecular flexibility index (Phi) is 3.86. The Morgan fingerprint density at radius 3 is 1.57 bits per heavy atom. The van der Waals surface area contributed by atoms with E-state index in [9.17, 15) is 0 Å². The van der Waals surface area contributed by atoms with Crippen molar-refractivity contribution in [2.75, 3.05) is 0 Å². The van der Waals surface area contributed by atoms with Crippen molar-refractivity contribution in [3.8, 4) is 44.5 Å². The Bertz CT molecular complexity index is 2630. The summed E-state index contributed by atoms with van der Waals surface area (Å²) < 4.78 is 0. The van der Waals surface area contributed by atoms with Crippen LogP contribution >= 0.6 is 0 Å². The molecular formula is C44H30. The predicted octanol–water partition coefficient (Wildman–Crippen LogP) is 12.0. The highest BCUT2D eigenvalue weighted by Gasteiger charge is 2.44. The van der Waals surface area contributed by atoms with Gasteiger partial charge in [0.15, 0.2) is 0 Å². The normalized spacial score (nSPS) is 16.1. The van der Waals surface area contributed by atoms with Gasteiger partial charge in [-0.2, -0.15) is 0 Å². The molecule has 0 heteroatoms. The van der Waals surface area contributed by atoms with Gasteiger partial charge in [-0.25, -0.2) is 0 Å². The number of benzene rings is 8. The molecule has 0 unspecified atom stereocenters. The van der Waals surface area contributed by atoms with Crippen LogP contribution in [0, 0.1) is 0 Å². The monoisotopic (exact) mass is 558 g/mol. The van der Waals surface area contributed by atoms with Crippen LogP contribution in [0.5, 0.6) is 0 Å². The third kappa shape index (κ3) is 2.46. The number of rotatable bonds is 0. The van der Waals surface area contributed by atoms with E-state index in [1.54, 1.807) is 0 Å². The van der Waals surface area contributed by atoms with Crippen LogP contribution in [-0.2, 0) is 10.8 Å². The molecule has 44 heavy (non-hydrogen) atoms. The van der Waals surface area contributed by atoms with E-state index in [1.807, 2.05) is 0 Å². The Morgan fingerprint density at radius 1 is 0.341 bits per heavy atom. The van der Waals surface area contributed by atoms with Crippen molar-refractivity contribution in [3.05, 3.63) is 131 Å². The number of hydrogen-bond donors (Lipinski definition) is 0. The number of fused-ring (bicyclic) bond motifs is 11. The first-order valence-electron chi connectivity index (χ1n) is 15.9. The molecular weight excluding hydrogens is 528 g/mol. The second-order valence-corrected chi connectivity index (χ2v) is 14.5. The van der Waals surface area contributed by atoms with Gasteiger partial charge in [-0.1, -0.05) is 113 Å². The zero-order valence-electron chi connectivity index (χ0n) is 25.4. The lowest BCUT2D eigenvalue weighted by Gasteiger charge is -2.24. The summed E-state index contributed by atoms with van der Waals surface area (Å²) >= 11 is 0. The van der Waals surface area contributed by atoms with Gasteiger partial charge in [0.2, 0.25) is 0 Å². The molecule has 8 aromatic carbocycles. The van der Waals surface area contributed by atoms with E-state index >= 15 is 0 Å². The summed E-state index contributed by atoms with van der Waals surface area (Å²) in [6.45, 7) is 9.76. The average Bonchev–Trinajstić information content (AvgIpc) is 3.57. The molecule has 0 aromatic heterocycles. The predicted molar refractivity (Wildman–Crippen MR) is 187 cm³/mol. The van der Waals surface area contributed by atoms with Gasteiger partial charge in [0.25, 0.3) is 0 Å². The van der Waals surface area contributed by atoms with Gasteiger partial charge in [-0.05, 0) is 134 Å². The molecule has 0 saturated carbocycles. The van der Waals surface area contributed by atoms with Gasteiger partial charge in [-0.15, -0.1) is 0 Å². The Morgan fingerprint density at radius 2 is 0.864 bits per heavy atom. The van der Waals surface area contributed by atoms with Crippen LogP contribution in [0.15, 0.2) is 109 Å². The molecule has 0 fully saturated rings.